The summed E-state index contributed by atoms with van der Waals surface area (Å²) in [6.45, 7) is 5.71. The van der Waals surface area contributed by atoms with Crippen LogP contribution in [0.15, 0.2) is 4.34 Å². The smallest absolute Gasteiger partial charge is 0.223 e. The number of nitrogens with two attached hydrogens (primary N) is 1. The SMILES string of the molecule is CC(C)(C)c1nsc(S(N)(=O)=O)n1. The maximum atomic E-state index is 10.9. The topological polar surface area (TPSA) is 85.9 Å². The van der Waals surface area contributed by atoms with Crippen LogP contribution < -0.4 is 5.14 Å². The van der Waals surface area contributed by atoms with Crippen LogP contribution in [0, 0.1) is 0 Å². The molecule has 0 saturated heterocycles. The number of nitrogens with zero attached hydrogens (tertiary/aromatic N) is 2. The van der Waals surface area contributed by atoms with Crippen molar-refractivity contribution in [1.29, 1.82) is 0 Å². The van der Waals surface area contributed by atoms with Crippen molar-refractivity contribution in [3.8, 4) is 0 Å². The molecule has 74 valence electrons. The van der Waals surface area contributed by atoms with Crippen molar-refractivity contribution < 1.29 is 8.42 Å². The van der Waals surface area contributed by atoms with E-state index in [-0.39, 0.29) is 9.75 Å². The Balaban J connectivity index is 3.16. The Morgan fingerprint density at radius 1 is 1.38 bits per heavy atom. The summed E-state index contributed by atoms with van der Waals surface area (Å²) in [6.07, 6.45) is 0. The minimum absolute atomic E-state index is 0.127. The van der Waals surface area contributed by atoms with E-state index in [4.69, 9.17) is 5.14 Å². The van der Waals surface area contributed by atoms with Gasteiger partial charge in [-0.15, -0.1) is 0 Å². The fourth-order valence-electron chi connectivity index (χ4n) is 0.630. The summed E-state index contributed by atoms with van der Waals surface area (Å²) in [7, 11) is -3.70. The molecule has 5 nitrogen and oxygen atoms in total. The fourth-order valence-corrected chi connectivity index (χ4v) is 1.98. The molecule has 0 saturated carbocycles. The van der Waals surface area contributed by atoms with Crippen LogP contribution in [0.1, 0.15) is 26.6 Å². The Morgan fingerprint density at radius 2 is 1.92 bits per heavy atom. The Kier molecular flexibility index (Phi) is 2.44. The van der Waals surface area contributed by atoms with Gasteiger partial charge in [-0.05, 0) is 11.5 Å². The predicted octanol–water partition coefficient (Wildman–Crippen LogP) is 0.483. The van der Waals surface area contributed by atoms with Crippen LogP contribution in [-0.4, -0.2) is 17.8 Å². The van der Waals surface area contributed by atoms with Crippen LogP contribution in [0.3, 0.4) is 0 Å². The van der Waals surface area contributed by atoms with Crippen molar-refractivity contribution in [2.24, 2.45) is 5.14 Å². The molecule has 1 aromatic rings. The Hall–Kier alpha value is -0.530. The highest BCUT2D eigenvalue weighted by molar-refractivity contribution is 7.91. The molecule has 7 heteroatoms. The average Bonchev–Trinajstić information content (AvgIpc) is 2.28. The van der Waals surface area contributed by atoms with Gasteiger partial charge in [-0.3, -0.25) is 0 Å². The van der Waals surface area contributed by atoms with Gasteiger partial charge in [0.05, 0.1) is 0 Å². The van der Waals surface area contributed by atoms with Gasteiger partial charge in [-0.25, -0.2) is 18.5 Å². The van der Waals surface area contributed by atoms with Crippen LogP contribution in [0.5, 0.6) is 0 Å². The molecule has 0 atom stereocenters. The lowest BCUT2D eigenvalue weighted by Crippen LogP contribution is -2.15. The molecule has 0 aliphatic rings. The third-order valence-corrected chi connectivity index (χ3v) is 3.33. The van der Waals surface area contributed by atoms with E-state index < -0.39 is 10.0 Å². The van der Waals surface area contributed by atoms with E-state index in [1.54, 1.807) is 0 Å². The van der Waals surface area contributed by atoms with Crippen LogP contribution >= 0.6 is 11.5 Å². The first-order valence-corrected chi connectivity index (χ1v) is 5.90. The molecule has 1 rings (SSSR count). The molecule has 0 amide bonds. The fraction of sp³-hybridized carbons (Fsp3) is 0.667. The molecule has 1 aromatic heterocycles. The Morgan fingerprint density at radius 3 is 2.15 bits per heavy atom. The molecule has 0 bridgehead atoms. The monoisotopic (exact) mass is 221 g/mol. The number of hydrogen-bond donors (Lipinski definition) is 1. The van der Waals surface area contributed by atoms with Crippen molar-refractivity contribution in [3.05, 3.63) is 5.82 Å². The molecule has 2 N–H and O–H groups in total. The zero-order valence-corrected chi connectivity index (χ0v) is 9.24. The van der Waals surface area contributed by atoms with E-state index in [9.17, 15) is 8.42 Å². The summed E-state index contributed by atoms with van der Waals surface area (Å²) >= 11 is 0.809. The van der Waals surface area contributed by atoms with Gasteiger partial charge in [0.25, 0.3) is 10.0 Å². The van der Waals surface area contributed by atoms with Gasteiger partial charge in [0, 0.05) is 5.41 Å². The highest BCUT2D eigenvalue weighted by atomic mass is 32.2. The molecule has 0 aliphatic carbocycles. The summed E-state index contributed by atoms with van der Waals surface area (Å²) in [5, 5.41) is 4.89. The summed E-state index contributed by atoms with van der Waals surface area (Å²) in [6, 6.07) is 0. The second-order valence-electron chi connectivity index (χ2n) is 3.68. The van der Waals surface area contributed by atoms with Crippen molar-refractivity contribution in [3.63, 3.8) is 0 Å². The molecule has 0 aliphatic heterocycles. The van der Waals surface area contributed by atoms with Crippen LogP contribution in [0.2, 0.25) is 0 Å². The predicted molar refractivity (Wildman–Crippen MR) is 50.0 cm³/mol. The lowest BCUT2D eigenvalue weighted by molar-refractivity contribution is 0.548. The maximum absolute atomic E-state index is 10.9. The van der Waals surface area contributed by atoms with E-state index in [0.29, 0.717) is 5.82 Å². The average molecular weight is 221 g/mol. The second-order valence-corrected chi connectivity index (χ2v) is 6.17. The minimum Gasteiger partial charge on any atom is -0.223 e. The van der Waals surface area contributed by atoms with E-state index in [1.165, 1.54) is 0 Å². The number of rotatable bonds is 1. The third-order valence-electron chi connectivity index (χ3n) is 1.32. The van der Waals surface area contributed by atoms with E-state index in [2.05, 4.69) is 9.36 Å². The van der Waals surface area contributed by atoms with E-state index in [1.807, 2.05) is 20.8 Å². The Bertz CT molecular complexity index is 402. The number of aromatic nitrogens is 2. The minimum atomic E-state index is -3.70. The summed E-state index contributed by atoms with van der Waals surface area (Å²) in [4.78, 5) is 3.85. The second kappa shape index (κ2) is 3.00. The molecule has 1 heterocycles. The zero-order chi connectivity index (χ0) is 10.3. The molecule has 0 unspecified atom stereocenters. The Labute approximate surface area is 81.2 Å². The van der Waals surface area contributed by atoms with Gasteiger partial charge in [-0.2, -0.15) is 4.37 Å². The summed E-state index contributed by atoms with van der Waals surface area (Å²) in [5.74, 6) is 0.501. The highest BCUT2D eigenvalue weighted by Gasteiger charge is 2.22. The van der Waals surface area contributed by atoms with Gasteiger partial charge in [0.1, 0.15) is 5.82 Å². The number of hydrogen-bond acceptors (Lipinski definition) is 5. The molecule has 0 radical (unpaired) electrons. The lowest BCUT2D eigenvalue weighted by atomic mass is 9.96. The first kappa shape index (κ1) is 10.6. The van der Waals surface area contributed by atoms with Crippen molar-refractivity contribution in [2.75, 3.05) is 0 Å². The third kappa shape index (κ3) is 2.45. The molecule has 0 aromatic carbocycles. The molecular formula is C6H11N3O2S2. The molecule has 0 fully saturated rings. The largest absolute Gasteiger partial charge is 0.266 e. The van der Waals surface area contributed by atoms with E-state index in [0.717, 1.165) is 11.5 Å². The molecular weight excluding hydrogens is 210 g/mol. The first-order valence-electron chi connectivity index (χ1n) is 3.58. The van der Waals surface area contributed by atoms with Crippen molar-refractivity contribution in [1.82, 2.24) is 9.36 Å². The zero-order valence-electron chi connectivity index (χ0n) is 7.60. The van der Waals surface area contributed by atoms with Crippen LogP contribution in [0.4, 0.5) is 0 Å². The number of primary sulfonamides is 1. The maximum Gasteiger partial charge on any atom is 0.266 e. The van der Waals surface area contributed by atoms with Gasteiger partial charge >= 0.3 is 0 Å². The van der Waals surface area contributed by atoms with Crippen LogP contribution in [0.25, 0.3) is 0 Å². The number of sulfonamides is 1. The summed E-state index contributed by atoms with van der Waals surface area (Å²) < 4.78 is 25.5. The van der Waals surface area contributed by atoms with Crippen LogP contribution in [-0.2, 0) is 15.4 Å². The van der Waals surface area contributed by atoms with Gasteiger partial charge < -0.3 is 0 Å². The van der Waals surface area contributed by atoms with Gasteiger partial charge in [0.2, 0.25) is 4.34 Å². The standard InChI is InChI=1S/C6H11N3O2S2/c1-6(2,3)4-8-5(12-9-4)13(7,10)11/h1-3H3,(H2,7,10,11). The first-order chi connectivity index (χ1) is 5.71. The van der Waals surface area contributed by atoms with Gasteiger partial charge in [-0.1, -0.05) is 20.8 Å². The normalized spacial score (nSPS) is 13.2. The van der Waals surface area contributed by atoms with Gasteiger partial charge in [0.15, 0.2) is 0 Å². The summed E-state index contributed by atoms with van der Waals surface area (Å²) in [5.41, 5.74) is -0.251. The van der Waals surface area contributed by atoms with E-state index >= 15 is 0 Å². The quantitative estimate of drug-likeness (QED) is 0.747. The lowest BCUT2D eigenvalue weighted by Gasteiger charge is -2.11. The highest BCUT2D eigenvalue weighted by Crippen LogP contribution is 2.21. The van der Waals surface area contributed by atoms with Crippen molar-refractivity contribution in [2.45, 2.75) is 30.5 Å². The van der Waals surface area contributed by atoms with Crippen molar-refractivity contribution >= 4 is 21.6 Å². The molecule has 13 heavy (non-hydrogen) atoms. The molecule has 0 spiro atoms.